The Kier molecular flexibility index (Phi) is 5.58. The molecule has 6 heteroatoms. The fraction of sp³-hybridized carbons (Fsp3) is 0.750. The molecule has 1 amide bonds. The van der Waals surface area contributed by atoms with Gasteiger partial charge in [-0.05, 0) is 37.9 Å². The molecule has 0 atom stereocenters. The molecule has 1 aromatic rings. The lowest BCUT2D eigenvalue weighted by Gasteiger charge is -2.37. The van der Waals surface area contributed by atoms with Crippen LogP contribution in [0, 0.1) is 5.41 Å². The van der Waals surface area contributed by atoms with Gasteiger partial charge in [-0.1, -0.05) is 13.8 Å². The molecule has 2 rings (SSSR count). The van der Waals surface area contributed by atoms with Gasteiger partial charge in [0.1, 0.15) is 5.69 Å². The summed E-state index contributed by atoms with van der Waals surface area (Å²) in [5, 5.41) is 10.8. The number of aromatic nitrogens is 2. The number of hydrogen-bond donors (Lipinski definition) is 2. The van der Waals surface area contributed by atoms with Crippen LogP contribution >= 0.6 is 0 Å². The highest BCUT2D eigenvalue weighted by atomic mass is 16.5. The molecule has 0 radical (unpaired) electrons. The Morgan fingerprint density at radius 1 is 1.50 bits per heavy atom. The van der Waals surface area contributed by atoms with E-state index in [0.29, 0.717) is 24.8 Å². The summed E-state index contributed by atoms with van der Waals surface area (Å²) in [6.45, 7) is 7.42. The van der Waals surface area contributed by atoms with Gasteiger partial charge in [-0.15, -0.1) is 0 Å². The second kappa shape index (κ2) is 7.24. The maximum absolute atomic E-state index is 12.5. The number of nitrogens with zero attached hydrogens (tertiary/aromatic N) is 2. The van der Waals surface area contributed by atoms with E-state index in [1.54, 1.807) is 11.8 Å². The van der Waals surface area contributed by atoms with Crippen LogP contribution in [-0.2, 0) is 11.8 Å². The van der Waals surface area contributed by atoms with Gasteiger partial charge in [0.2, 0.25) is 0 Å². The van der Waals surface area contributed by atoms with Crippen molar-refractivity contribution >= 4 is 5.91 Å². The van der Waals surface area contributed by atoms with Crippen molar-refractivity contribution in [3.8, 4) is 0 Å². The van der Waals surface area contributed by atoms with Crippen LogP contribution in [0.1, 0.15) is 48.8 Å². The van der Waals surface area contributed by atoms with Crippen molar-refractivity contribution in [2.75, 3.05) is 33.4 Å². The molecule has 0 saturated carbocycles. The summed E-state index contributed by atoms with van der Waals surface area (Å²) < 4.78 is 7.05. The first kappa shape index (κ1) is 17.0. The Balaban J connectivity index is 2.01. The third kappa shape index (κ3) is 3.87. The lowest BCUT2D eigenvalue weighted by molar-refractivity contribution is 0.0510. The number of nitrogens with one attached hydrogen (secondary N) is 2. The molecule has 1 aliphatic rings. The monoisotopic (exact) mass is 308 g/mol. The lowest BCUT2D eigenvalue weighted by atomic mass is 9.79. The molecule has 0 unspecified atom stereocenters. The summed E-state index contributed by atoms with van der Waals surface area (Å²) in [5.41, 5.74) is 1.60. The van der Waals surface area contributed by atoms with Crippen LogP contribution in [-0.4, -0.2) is 49.0 Å². The molecular formula is C16H28N4O2. The molecule has 2 N–H and O–H groups in total. The number of ether oxygens (including phenoxy) is 1. The SMILES string of the molecule is COCC1(CNC(=O)c2cc(C(C)C)nn2C)CCNCC1. The van der Waals surface area contributed by atoms with Crippen LogP contribution in [0.4, 0.5) is 0 Å². The second-order valence-corrected chi connectivity index (χ2v) is 6.60. The first-order valence-corrected chi connectivity index (χ1v) is 7.99. The summed E-state index contributed by atoms with van der Waals surface area (Å²) in [6.07, 6.45) is 2.04. The first-order chi connectivity index (χ1) is 10.5. The summed E-state index contributed by atoms with van der Waals surface area (Å²) in [5.74, 6) is 0.257. The second-order valence-electron chi connectivity index (χ2n) is 6.60. The van der Waals surface area contributed by atoms with Crippen LogP contribution in [0.25, 0.3) is 0 Å². The summed E-state index contributed by atoms with van der Waals surface area (Å²) in [6, 6.07) is 1.88. The van der Waals surface area contributed by atoms with Gasteiger partial charge in [-0.3, -0.25) is 9.48 Å². The van der Waals surface area contributed by atoms with E-state index in [9.17, 15) is 4.79 Å². The Labute approximate surface area is 132 Å². The largest absolute Gasteiger partial charge is 0.384 e. The van der Waals surface area contributed by atoms with Crippen molar-refractivity contribution in [3.05, 3.63) is 17.5 Å². The fourth-order valence-corrected chi connectivity index (χ4v) is 2.98. The van der Waals surface area contributed by atoms with Crippen LogP contribution < -0.4 is 10.6 Å². The summed E-state index contributed by atoms with van der Waals surface area (Å²) in [7, 11) is 3.54. The van der Waals surface area contributed by atoms with Gasteiger partial charge >= 0.3 is 0 Å². The van der Waals surface area contributed by atoms with Crippen LogP contribution in [0.5, 0.6) is 0 Å². The van der Waals surface area contributed by atoms with Gasteiger partial charge < -0.3 is 15.4 Å². The van der Waals surface area contributed by atoms with E-state index in [4.69, 9.17) is 4.74 Å². The van der Waals surface area contributed by atoms with Gasteiger partial charge in [-0.25, -0.2) is 0 Å². The number of aryl methyl sites for hydroxylation is 1. The van der Waals surface area contributed by atoms with E-state index >= 15 is 0 Å². The fourth-order valence-electron chi connectivity index (χ4n) is 2.98. The number of carbonyl (C=O) groups excluding carboxylic acids is 1. The van der Waals surface area contributed by atoms with E-state index < -0.39 is 0 Å². The average molecular weight is 308 g/mol. The Morgan fingerprint density at radius 3 is 2.73 bits per heavy atom. The smallest absolute Gasteiger partial charge is 0.269 e. The van der Waals surface area contributed by atoms with E-state index in [1.807, 2.05) is 13.1 Å². The maximum atomic E-state index is 12.5. The van der Waals surface area contributed by atoms with Crippen molar-refractivity contribution in [2.24, 2.45) is 12.5 Å². The quantitative estimate of drug-likeness (QED) is 0.831. The minimum Gasteiger partial charge on any atom is -0.384 e. The predicted octanol–water partition coefficient (Wildman–Crippen LogP) is 1.29. The van der Waals surface area contributed by atoms with E-state index in [-0.39, 0.29) is 11.3 Å². The number of methoxy groups -OCH3 is 1. The molecule has 1 saturated heterocycles. The van der Waals surface area contributed by atoms with Gasteiger partial charge in [0.05, 0.1) is 12.3 Å². The Bertz CT molecular complexity index is 499. The highest BCUT2D eigenvalue weighted by Crippen LogP contribution is 2.28. The molecule has 0 spiro atoms. The predicted molar refractivity (Wildman–Crippen MR) is 86.0 cm³/mol. The third-order valence-corrected chi connectivity index (χ3v) is 4.46. The number of rotatable bonds is 6. The van der Waals surface area contributed by atoms with Crippen LogP contribution in [0.2, 0.25) is 0 Å². The van der Waals surface area contributed by atoms with E-state index in [1.165, 1.54) is 0 Å². The average Bonchev–Trinajstić information content (AvgIpc) is 2.89. The van der Waals surface area contributed by atoms with E-state index in [2.05, 4.69) is 29.6 Å². The normalized spacial score (nSPS) is 17.7. The number of carbonyl (C=O) groups is 1. The Morgan fingerprint density at radius 2 is 2.18 bits per heavy atom. The Hall–Kier alpha value is -1.40. The van der Waals surface area contributed by atoms with Crippen molar-refractivity contribution in [1.82, 2.24) is 20.4 Å². The van der Waals surface area contributed by atoms with Gasteiger partial charge in [0.15, 0.2) is 0 Å². The van der Waals surface area contributed by atoms with Crippen LogP contribution in [0.3, 0.4) is 0 Å². The standard InChI is InChI=1S/C16H28N4O2/c1-12(2)13-9-14(20(3)19-13)15(21)18-10-16(11-22-4)5-7-17-8-6-16/h9,12,17H,5-8,10-11H2,1-4H3,(H,18,21). The topological polar surface area (TPSA) is 68.2 Å². The van der Waals surface area contributed by atoms with Crippen molar-refractivity contribution in [3.63, 3.8) is 0 Å². The molecule has 2 heterocycles. The molecular weight excluding hydrogens is 280 g/mol. The molecule has 1 aromatic heterocycles. The summed E-state index contributed by atoms with van der Waals surface area (Å²) in [4.78, 5) is 12.5. The zero-order valence-corrected chi connectivity index (χ0v) is 14.1. The van der Waals surface area contributed by atoms with Gasteiger partial charge in [0, 0.05) is 26.1 Å². The molecule has 1 fully saturated rings. The molecule has 0 bridgehead atoms. The van der Waals surface area contributed by atoms with E-state index in [0.717, 1.165) is 31.6 Å². The first-order valence-electron chi connectivity index (χ1n) is 7.99. The number of amides is 1. The lowest BCUT2D eigenvalue weighted by Crippen LogP contribution is -2.47. The zero-order chi connectivity index (χ0) is 16.2. The summed E-state index contributed by atoms with van der Waals surface area (Å²) >= 11 is 0. The maximum Gasteiger partial charge on any atom is 0.269 e. The number of hydrogen-bond acceptors (Lipinski definition) is 4. The molecule has 22 heavy (non-hydrogen) atoms. The molecule has 0 aliphatic carbocycles. The van der Waals surface area contributed by atoms with Gasteiger partial charge in [-0.2, -0.15) is 5.10 Å². The van der Waals surface area contributed by atoms with Crippen molar-refractivity contribution in [2.45, 2.75) is 32.6 Å². The minimum absolute atomic E-state index is 0.0368. The molecule has 124 valence electrons. The molecule has 0 aromatic carbocycles. The highest BCUT2D eigenvalue weighted by Gasteiger charge is 2.32. The highest BCUT2D eigenvalue weighted by molar-refractivity contribution is 5.92. The third-order valence-electron chi connectivity index (χ3n) is 4.46. The molecule has 1 aliphatic heterocycles. The van der Waals surface area contributed by atoms with Crippen molar-refractivity contribution in [1.29, 1.82) is 0 Å². The van der Waals surface area contributed by atoms with Crippen LogP contribution in [0.15, 0.2) is 6.07 Å². The zero-order valence-electron chi connectivity index (χ0n) is 14.1. The minimum atomic E-state index is -0.0593. The van der Waals surface area contributed by atoms with Crippen molar-refractivity contribution < 1.29 is 9.53 Å². The van der Waals surface area contributed by atoms with Gasteiger partial charge in [0.25, 0.3) is 5.91 Å². The molecule has 6 nitrogen and oxygen atoms in total. The number of piperidine rings is 1.